The molecule has 3 heterocycles. The normalized spacial score (nSPS) is 29.8. The Bertz CT molecular complexity index is 1390. The summed E-state index contributed by atoms with van der Waals surface area (Å²) in [5, 5.41) is 84.5. The standard InChI is InChI=1S/C38H60N2O13/c1-23(42)13-11-9-7-5-3-2-4-6-8-10-12-14-30(43)39-18-17-24-20-40-27-16-15-25(19-26(24)27)51-38-36(49)34(47)32(45)29(53-38)22-50-37-35(48)33(46)31(44)28(21-41)52-37/h3,5,15-16,19-20,23,28-29,31-38,40-42,44-49H,2,4,6-14,17-18,21-22H2,1H3,(H,39,43). The van der Waals surface area contributed by atoms with Gasteiger partial charge in [-0.15, -0.1) is 0 Å². The molecule has 0 bridgehead atoms. The molecule has 2 aromatic rings. The van der Waals surface area contributed by atoms with Gasteiger partial charge in [0.2, 0.25) is 12.2 Å². The molecule has 0 radical (unpaired) electrons. The van der Waals surface area contributed by atoms with Gasteiger partial charge in [-0.1, -0.05) is 37.8 Å². The molecule has 2 fully saturated rings. The van der Waals surface area contributed by atoms with E-state index in [9.17, 15) is 45.6 Å². The van der Waals surface area contributed by atoms with E-state index in [0.717, 1.165) is 80.7 Å². The summed E-state index contributed by atoms with van der Waals surface area (Å²) < 4.78 is 22.5. The third-order valence-electron chi connectivity index (χ3n) is 9.83. The summed E-state index contributed by atoms with van der Waals surface area (Å²) in [5.41, 5.74) is 1.76. The van der Waals surface area contributed by atoms with E-state index in [4.69, 9.17) is 18.9 Å². The minimum Gasteiger partial charge on any atom is -0.462 e. The van der Waals surface area contributed by atoms with Crippen molar-refractivity contribution in [2.45, 2.75) is 151 Å². The molecule has 2 aliphatic heterocycles. The van der Waals surface area contributed by atoms with Crippen molar-refractivity contribution >= 4 is 16.8 Å². The molecular weight excluding hydrogens is 692 g/mol. The van der Waals surface area contributed by atoms with Gasteiger partial charge < -0.3 is 70.1 Å². The van der Waals surface area contributed by atoms with E-state index in [1.165, 1.54) is 0 Å². The summed E-state index contributed by atoms with van der Waals surface area (Å²) in [4.78, 5) is 15.6. The van der Waals surface area contributed by atoms with Crippen LogP contribution in [0.5, 0.6) is 5.75 Å². The predicted octanol–water partition coefficient (Wildman–Crippen LogP) is 1.06. The van der Waals surface area contributed by atoms with Crippen molar-refractivity contribution in [3.8, 4) is 5.75 Å². The number of fused-ring (bicyclic) bond motifs is 1. The minimum atomic E-state index is -1.68. The Morgan fingerprint density at radius 1 is 0.849 bits per heavy atom. The number of allylic oxidation sites excluding steroid dienone is 2. The molecule has 1 aromatic heterocycles. The lowest BCUT2D eigenvalue weighted by atomic mass is 9.98. The number of carbonyl (C=O) groups is 1. The molecule has 4 rings (SSSR count). The molecule has 10 N–H and O–H groups in total. The summed E-state index contributed by atoms with van der Waals surface area (Å²) >= 11 is 0. The topological polar surface area (TPSA) is 244 Å². The summed E-state index contributed by atoms with van der Waals surface area (Å²) in [6.45, 7) is 1.16. The molecule has 11 unspecified atom stereocenters. The second-order valence-electron chi connectivity index (χ2n) is 14.2. The highest BCUT2D eigenvalue weighted by Crippen LogP contribution is 2.29. The van der Waals surface area contributed by atoms with Crippen LogP contribution in [0.1, 0.15) is 83.1 Å². The fourth-order valence-electron chi connectivity index (χ4n) is 6.56. The van der Waals surface area contributed by atoms with Gasteiger partial charge in [0.1, 0.15) is 54.6 Å². The van der Waals surface area contributed by atoms with E-state index in [0.29, 0.717) is 25.1 Å². The lowest BCUT2D eigenvalue weighted by molar-refractivity contribution is -0.323. The van der Waals surface area contributed by atoms with Gasteiger partial charge in [0.25, 0.3) is 0 Å². The van der Waals surface area contributed by atoms with Gasteiger partial charge >= 0.3 is 0 Å². The van der Waals surface area contributed by atoms with Gasteiger partial charge in [0.05, 0.1) is 19.3 Å². The zero-order chi connectivity index (χ0) is 38.3. The summed E-state index contributed by atoms with van der Waals surface area (Å²) in [6.07, 6.45) is 2.44. The predicted molar refractivity (Wildman–Crippen MR) is 194 cm³/mol. The number of H-pyrrole nitrogens is 1. The number of ether oxygens (including phenoxy) is 4. The Labute approximate surface area is 310 Å². The summed E-state index contributed by atoms with van der Waals surface area (Å²) in [5.74, 6) is 0.324. The van der Waals surface area contributed by atoms with Crippen LogP contribution in [0.3, 0.4) is 0 Å². The molecule has 15 heteroatoms. The number of hydrogen-bond acceptors (Lipinski definition) is 13. The maximum Gasteiger partial charge on any atom is 0.229 e. The Balaban J connectivity index is 1.17. The van der Waals surface area contributed by atoms with Crippen molar-refractivity contribution in [3.63, 3.8) is 0 Å². The van der Waals surface area contributed by atoms with Crippen LogP contribution in [0.4, 0.5) is 0 Å². The minimum absolute atomic E-state index is 0.0154. The van der Waals surface area contributed by atoms with Crippen LogP contribution < -0.4 is 10.1 Å². The third-order valence-corrected chi connectivity index (χ3v) is 9.83. The maximum absolute atomic E-state index is 12.4. The first-order chi connectivity index (χ1) is 25.5. The Morgan fingerprint density at radius 2 is 1.49 bits per heavy atom. The molecule has 0 spiro atoms. The lowest BCUT2D eigenvalue weighted by Crippen LogP contribution is -2.62. The lowest BCUT2D eigenvalue weighted by Gasteiger charge is -2.42. The average Bonchev–Trinajstić information content (AvgIpc) is 3.54. The molecule has 1 aromatic carbocycles. The van der Waals surface area contributed by atoms with Crippen molar-refractivity contribution in [2.24, 2.45) is 0 Å². The molecule has 1 amide bonds. The van der Waals surface area contributed by atoms with Crippen LogP contribution in [-0.4, -0.2) is 139 Å². The number of nitrogens with one attached hydrogen (secondary N) is 2. The van der Waals surface area contributed by atoms with Crippen molar-refractivity contribution in [1.82, 2.24) is 10.3 Å². The highest BCUT2D eigenvalue weighted by molar-refractivity contribution is 5.84. The number of carbonyl (C=O) groups excluding carboxylic acids is 1. The molecule has 0 saturated carbocycles. The quantitative estimate of drug-likeness (QED) is 0.0599. The smallest absolute Gasteiger partial charge is 0.229 e. The van der Waals surface area contributed by atoms with Crippen molar-refractivity contribution < 1.29 is 64.6 Å². The summed E-state index contributed by atoms with van der Waals surface area (Å²) in [7, 11) is 0. The Morgan fingerprint density at radius 3 is 2.21 bits per heavy atom. The van der Waals surface area contributed by atoms with Gasteiger partial charge in [0, 0.05) is 30.1 Å². The van der Waals surface area contributed by atoms with Gasteiger partial charge in [-0.2, -0.15) is 0 Å². The highest BCUT2D eigenvalue weighted by Gasteiger charge is 2.48. The first-order valence-corrected chi connectivity index (χ1v) is 19.0. The maximum atomic E-state index is 12.4. The van der Waals surface area contributed by atoms with Crippen molar-refractivity contribution in [1.29, 1.82) is 0 Å². The van der Waals surface area contributed by atoms with Crippen LogP contribution in [0, 0.1) is 0 Å². The van der Waals surface area contributed by atoms with Crippen molar-refractivity contribution in [2.75, 3.05) is 19.8 Å². The third kappa shape index (κ3) is 13.0. The first-order valence-electron chi connectivity index (χ1n) is 19.0. The van der Waals surface area contributed by atoms with Gasteiger partial charge in [-0.05, 0) is 75.6 Å². The number of aliphatic hydroxyl groups excluding tert-OH is 8. The molecular formula is C38H60N2O13. The number of amides is 1. The number of hydrogen-bond donors (Lipinski definition) is 10. The van der Waals surface area contributed by atoms with Gasteiger partial charge in [-0.25, -0.2) is 0 Å². The Kier molecular flexibility index (Phi) is 17.9. The molecule has 15 nitrogen and oxygen atoms in total. The van der Waals surface area contributed by atoms with Gasteiger partial charge in [0.15, 0.2) is 6.29 Å². The first kappa shape index (κ1) is 43.1. The van der Waals surface area contributed by atoms with Crippen LogP contribution in [-0.2, 0) is 25.4 Å². The zero-order valence-electron chi connectivity index (χ0n) is 30.5. The fraction of sp³-hybridized carbons (Fsp3) is 0.711. The number of unbranched alkanes of at least 4 members (excludes halogenated alkanes) is 7. The van der Waals surface area contributed by atoms with E-state index in [1.807, 2.05) is 13.1 Å². The second kappa shape index (κ2) is 22.0. The molecule has 0 aliphatic carbocycles. The molecule has 2 aliphatic rings. The van der Waals surface area contributed by atoms with Crippen LogP contribution in [0.15, 0.2) is 36.5 Å². The van der Waals surface area contributed by atoms with E-state index in [2.05, 4.69) is 22.5 Å². The van der Waals surface area contributed by atoms with E-state index in [-0.39, 0.29) is 12.0 Å². The fourth-order valence-corrected chi connectivity index (χ4v) is 6.56. The second-order valence-corrected chi connectivity index (χ2v) is 14.2. The highest BCUT2D eigenvalue weighted by atomic mass is 16.7. The SMILES string of the molecule is CC(O)CCCCC=CCCCCCCCC(=O)NCCc1c[nH]c2ccc(OC3OC(COC4OC(CO)C(O)C(O)C4O)C(O)C(O)C3O)cc12. The Hall–Kier alpha value is -2.67. The molecule has 11 atom stereocenters. The molecule has 2 saturated heterocycles. The molecule has 53 heavy (non-hydrogen) atoms. The number of aromatic amines is 1. The van der Waals surface area contributed by atoms with E-state index >= 15 is 0 Å². The summed E-state index contributed by atoms with van der Waals surface area (Å²) in [6, 6.07) is 5.17. The van der Waals surface area contributed by atoms with Crippen LogP contribution in [0.25, 0.3) is 10.9 Å². The number of benzene rings is 1. The monoisotopic (exact) mass is 752 g/mol. The van der Waals surface area contributed by atoms with E-state index in [1.54, 1.807) is 18.2 Å². The zero-order valence-corrected chi connectivity index (χ0v) is 30.5. The average molecular weight is 753 g/mol. The molecule has 300 valence electrons. The van der Waals surface area contributed by atoms with E-state index < -0.39 is 74.6 Å². The number of aromatic nitrogens is 1. The largest absolute Gasteiger partial charge is 0.462 e. The number of aliphatic hydroxyl groups is 8. The van der Waals surface area contributed by atoms with Crippen LogP contribution >= 0.6 is 0 Å². The van der Waals surface area contributed by atoms with Crippen LogP contribution in [0.2, 0.25) is 0 Å². The van der Waals surface area contributed by atoms with Gasteiger partial charge in [-0.3, -0.25) is 4.79 Å². The van der Waals surface area contributed by atoms with Crippen molar-refractivity contribution in [3.05, 3.63) is 42.1 Å². The number of rotatable bonds is 22.